The smallest absolute Gasteiger partial charge is 0.123 e. The van der Waals surface area contributed by atoms with Gasteiger partial charge >= 0.3 is 0 Å². The second-order valence-electron chi connectivity index (χ2n) is 5.39. The van der Waals surface area contributed by atoms with Gasteiger partial charge in [-0.15, -0.1) is 0 Å². The quantitative estimate of drug-likeness (QED) is 0.844. The number of hydrogen-bond acceptors (Lipinski definition) is 3. The molecule has 115 valence electrons. The van der Waals surface area contributed by atoms with Gasteiger partial charge in [0.2, 0.25) is 0 Å². The summed E-state index contributed by atoms with van der Waals surface area (Å²) in [6, 6.07) is 17.4. The van der Waals surface area contributed by atoms with Crippen LogP contribution in [0, 0.1) is 11.9 Å². The molecule has 4 heteroatoms. The maximum Gasteiger partial charge on any atom is 0.123 e. The monoisotopic (exact) mass is 299 g/mol. The standard InChI is InChI=1S/C18H20FN2O/c19-16-6-8-18(9-7-16)22-15-14-20-10-12-21(13-11-20)17-4-2-1-3-5-17/h1-2,4-9H,10-15H2. The van der Waals surface area contributed by atoms with Crippen LogP contribution in [0.2, 0.25) is 0 Å². The molecular formula is C18H20FN2O. The molecule has 2 aromatic carbocycles. The molecule has 0 atom stereocenters. The van der Waals surface area contributed by atoms with Crippen molar-refractivity contribution in [2.45, 2.75) is 0 Å². The summed E-state index contributed by atoms with van der Waals surface area (Å²) in [5.74, 6) is 0.487. The lowest BCUT2D eigenvalue weighted by atomic mass is 10.2. The summed E-state index contributed by atoms with van der Waals surface area (Å²) >= 11 is 0. The molecule has 1 aliphatic rings. The summed E-state index contributed by atoms with van der Waals surface area (Å²) in [4.78, 5) is 4.78. The highest BCUT2D eigenvalue weighted by Gasteiger charge is 2.16. The number of piperazine rings is 1. The molecule has 1 heterocycles. The van der Waals surface area contributed by atoms with E-state index in [0.717, 1.165) is 38.5 Å². The molecule has 22 heavy (non-hydrogen) atoms. The van der Waals surface area contributed by atoms with Gasteiger partial charge in [0.15, 0.2) is 0 Å². The first-order valence-electron chi connectivity index (χ1n) is 7.63. The molecule has 1 radical (unpaired) electrons. The van der Waals surface area contributed by atoms with E-state index in [9.17, 15) is 4.39 Å². The van der Waals surface area contributed by atoms with Crippen LogP contribution >= 0.6 is 0 Å². The number of hydrogen-bond donors (Lipinski definition) is 0. The molecule has 0 saturated carbocycles. The lowest BCUT2D eigenvalue weighted by molar-refractivity contribution is 0.200. The van der Waals surface area contributed by atoms with Crippen LogP contribution < -0.4 is 9.64 Å². The Hall–Kier alpha value is -2.07. The SMILES string of the molecule is Fc1ccc(OCCN2CCN(c3c[c]ccc3)CC2)cc1. The Balaban J connectivity index is 1.40. The second-order valence-corrected chi connectivity index (χ2v) is 5.39. The fourth-order valence-electron chi connectivity index (χ4n) is 2.63. The van der Waals surface area contributed by atoms with Crippen LogP contribution in [-0.4, -0.2) is 44.2 Å². The van der Waals surface area contributed by atoms with Gasteiger partial charge in [0.1, 0.15) is 18.2 Å². The maximum absolute atomic E-state index is 12.8. The van der Waals surface area contributed by atoms with E-state index in [1.165, 1.54) is 17.8 Å². The Morgan fingerprint density at radius 3 is 2.50 bits per heavy atom. The predicted molar refractivity (Wildman–Crippen MR) is 85.8 cm³/mol. The average Bonchev–Trinajstić information content (AvgIpc) is 2.58. The summed E-state index contributed by atoms with van der Waals surface area (Å²) in [7, 11) is 0. The number of nitrogens with zero attached hydrogens (tertiary/aromatic N) is 2. The number of benzene rings is 2. The molecular weight excluding hydrogens is 279 g/mol. The highest BCUT2D eigenvalue weighted by atomic mass is 19.1. The molecule has 0 aromatic heterocycles. The summed E-state index contributed by atoms with van der Waals surface area (Å²) in [6.07, 6.45) is 0. The van der Waals surface area contributed by atoms with E-state index in [4.69, 9.17) is 4.74 Å². The normalized spacial score (nSPS) is 15.8. The molecule has 2 aromatic rings. The van der Waals surface area contributed by atoms with Gasteiger partial charge in [-0.2, -0.15) is 0 Å². The van der Waals surface area contributed by atoms with Gasteiger partial charge in [0, 0.05) is 38.4 Å². The summed E-state index contributed by atoms with van der Waals surface area (Å²) < 4.78 is 18.5. The first-order valence-corrected chi connectivity index (χ1v) is 7.63. The van der Waals surface area contributed by atoms with Gasteiger partial charge in [0.05, 0.1) is 0 Å². The van der Waals surface area contributed by atoms with Crippen LogP contribution in [0.25, 0.3) is 0 Å². The number of ether oxygens (including phenoxy) is 1. The van der Waals surface area contributed by atoms with Crippen molar-refractivity contribution in [2.75, 3.05) is 44.2 Å². The molecule has 0 aliphatic carbocycles. The van der Waals surface area contributed by atoms with E-state index >= 15 is 0 Å². The van der Waals surface area contributed by atoms with Crippen LogP contribution in [0.4, 0.5) is 10.1 Å². The van der Waals surface area contributed by atoms with Crippen LogP contribution in [-0.2, 0) is 0 Å². The zero-order chi connectivity index (χ0) is 15.2. The summed E-state index contributed by atoms with van der Waals surface area (Å²) in [6.45, 7) is 5.63. The van der Waals surface area contributed by atoms with Gasteiger partial charge in [-0.25, -0.2) is 4.39 Å². The topological polar surface area (TPSA) is 15.7 Å². The van der Waals surface area contributed by atoms with E-state index < -0.39 is 0 Å². The predicted octanol–water partition coefficient (Wildman–Crippen LogP) is 2.83. The van der Waals surface area contributed by atoms with E-state index in [-0.39, 0.29) is 5.82 Å². The third-order valence-electron chi connectivity index (χ3n) is 3.92. The third-order valence-corrected chi connectivity index (χ3v) is 3.92. The second kappa shape index (κ2) is 7.27. The Morgan fingerprint density at radius 1 is 1.05 bits per heavy atom. The van der Waals surface area contributed by atoms with Crippen molar-refractivity contribution in [2.24, 2.45) is 0 Å². The van der Waals surface area contributed by atoms with Gasteiger partial charge in [-0.05, 0) is 42.5 Å². The van der Waals surface area contributed by atoms with Crippen molar-refractivity contribution >= 4 is 5.69 Å². The van der Waals surface area contributed by atoms with Crippen LogP contribution in [0.15, 0.2) is 48.5 Å². The van der Waals surface area contributed by atoms with Gasteiger partial charge in [-0.1, -0.05) is 12.1 Å². The van der Waals surface area contributed by atoms with Gasteiger partial charge in [0.25, 0.3) is 0 Å². The van der Waals surface area contributed by atoms with Crippen molar-refractivity contribution in [1.82, 2.24) is 4.90 Å². The number of rotatable bonds is 5. The molecule has 1 saturated heterocycles. The van der Waals surface area contributed by atoms with E-state index in [1.807, 2.05) is 18.2 Å². The fourth-order valence-corrected chi connectivity index (χ4v) is 2.63. The Morgan fingerprint density at radius 2 is 1.82 bits per heavy atom. The molecule has 0 N–H and O–H groups in total. The summed E-state index contributed by atoms with van der Waals surface area (Å²) in [5.41, 5.74) is 1.24. The third kappa shape index (κ3) is 3.98. The number of halogens is 1. The maximum atomic E-state index is 12.8. The molecule has 0 bridgehead atoms. The van der Waals surface area contributed by atoms with E-state index in [0.29, 0.717) is 6.61 Å². The minimum atomic E-state index is -0.235. The van der Waals surface area contributed by atoms with Crippen molar-refractivity contribution in [1.29, 1.82) is 0 Å². The van der Waals surface area contributed by atoms with Gasteiger partial charge in [-0.3, -0.25) is 4.90 Å². The highest BCUT2D eigenvalue weighted by molar-refractivity contribution is 5.45. The highest BCUT2D eigenvalue weighted by Crippen LogP contribution is 2.15. The first kappa shape index (κ1) is 14.9. The van der Waals surface area contributed by atoms with Crippen LogP contribution in [0.1, 0.15) is 0 Å². The average molecular weight is 299 g/mol. The van der Waals surface area contributed by atoms with Crippen molar-refractivity contribution < 1.29 is 9.13 Å². The van der Waals surface area contributed by atoms with Crippen molar-refractivity contribution in [3.8, 4) is 5.75 Å². The molecule has 0 spiro atoms. The summed E-state index contributed by atoms with van der Waals surface area (Å²) in [5, 5.41) is 0. The Bertz CT molecular complexity index is 565. The van der Waals surface area contributed by atoms with Gasteiger partial charge < -0.3 is 9.64 Å². The molecule has 0 amide bonds. The molecule has 1 aliphatic heterocycles. The Labute approximate surface area is 130 Å². The lowest BCUT2D eigenvalue weighted by Crippen LogP contribution is -2.47. The van der Waals surface area contributed by atoms with E-state index in [1.54, 1.807) is 12.1 Å². The molecule has 3 rings (SSSR count). The minimum Gasteiger partial charge on any atom is -0.492 e. The van der Waals surface area contributed by atoms with Crippen LogP contribution in [0.5, 0.6) is 5.75 Å². The number of anilines is 1. The molecule has 3 nitrogen and oxygen atoms in total. The first-order chi connectivity index (χ1) is 10.8. The van der Waals surface area contributed by atoms with Crippen molar-refractivity contribution in [3.05, 3.63) is 60.4 Å². The minimum absolute atomic E-state index is 0.235. The molecule has 1 fully saturated rings. The lowest BCUT2D eigenvalue weighted by Gasteiger charge is -2.36. The van der Waals surface area contributed by atoms with Crippen LogP contribution in [0.3, 0.4) is 0 Å². The molecule has 0 unspecified atom stereocenters. The largest absolute Gasteiger partial charge is 0.492 e. The zero-order valence-corrected chi connectivity index (χ0v) is 12.5. The van der Waals surface area contributed by atoms with E-state index in [2.05, 4.69) is 21.9 Å². The zero-order valence-electron chi connectivity index (χ0n) is 12.5. The Kier molecular flexibility index (Phi) is 4.91. The fraction of sp³-hybridized carbons (Fsp3) is 0.333. The van der Waals surface area contributed by atoms with Crippen molar-refractivity contribution in [3.63, 3.8) is 0 Å².